The molecule has 170 valence electrons. The standard InChI is InChI=1S/C27H24N4O3/c1-20-25(29-27(32)23-13-8-14-24(17-23)31(33)34)15-16-26(28-20)30(18-21-9-4-2-5-10-21)19-22-11-6-3-7-12-22/h2-17H,18-19H2,1H3,(H,29,32). The summed E-state index contributed by atoms with van der Waals surface area (Å²) in [5.41, 5.74) is 3.63. The Morgan fingerprint density at radius 3 is 2.06 bits per heavy atom. The minimum Gasteiger partial charge on any atom is -0.348 e. The third-order valence-electron chi connectivity index (χ3n) is 5.39. The Kier molecular flexibility index (Phi) is 6.93. The molecule has 34 heavy (non-hydrogen) atoms. The minimum absolute atomic E-state index is 0.129. The van der Waals surface area contributed by atoms with E-state index >= 15 is 0 Å². The van der Waals surface area contributed by atoms with Crippen LogP contribution < -0.4 is 10.2 Å². The van der Waals surface area contributed by atoms with Crippen LogP contribution in [0.2, 0.25) is 0 Å². The molecule has 0 aliphatic carbocycles. The summed E-state index contributed by atoms with van der Waals surface area (Å²) in [6, 6.07) is 29.7. The average Bonchev–Trinajstić information content (AvgIpc) is 2.86. The van der Waals surface area contributed by atoms with Gasteiger partial charge in [0.25, 0.3) is 11.6 Å². The molecule has 0 saturated heterocycles. The Bertz CT molecular complexity index is 1250. The van der Waals surface area contributed by atoms with Gasteiger partial charge in [-0.05, 0) is 36.2 Å². The third-order valence-corrected chi connectivity index (χ3v) is 5.39. The summed E-state index contributed by atoms with van der Waals surface area (Å²) in [7, 11) is 0. The highest BCUT2D eigenvalue weighted by Gasteiger charge is 2.15. The molecule has 0 radical (unpaired) electrons. The Labute approximate surface area is 197 Å². The van der Waals surface area contributed by atoms with E-state index in [4.69, 9.17) is 4.98 Å². The second kappa shape index (κ2) is 10.4. The van der Waals surface area contributed by atoms with E-state index in [9.17, 15) is 14.9 Å². The number of benzene rings is 3. The highest BCUT2D eigenvalue weighted by molar-refractivity contribution is 6.04. The van der Waals surface area contributed by atoms with Crippen molar-refractivity contribution in [2.45, 2.75) is 20.0 Å². The number of nitrogens with zero attached hydrogens (tertiary/aromatic N) is 3. The van der Waals surface area contributed by atoms with Gasteiger partial charge in [0.2, 0.25) is 0 Å². The summed E-state index contributed by atoms with van der Waals surface area (Å²) in [6.07, 6.45) is 0. The molecule has 0 fully saturated rings. The predicted molar refractivity (Wildman–Crippen MR) is 133 cm³/mol. The van der Waals surface area contributed by atoms with Gasteiger partial charge in [-0.25, -0.2) is 4.98 Å². The number of rotatable bonds is 8. The number of pyridine rings is 1. The van der Waals surface area contributed by atoms with Crippen LogP contribution in [-0.2, 0) is 13.1 Å². The molecule has 7 nitrogen and oxygen atoms in total. The fourth-order valence-electron chi connectivity index (χ4n) is 3.64. The molecule has 0 aliphatic rings. The van der Waals surface area contributed by atoms with Gasteiger partial charge in [0.05, 0.1) is 16.3 Å². The van der Waals surface area contributed by atoms with Crippen molar-refractivity contribution < 1.29 is 9.72 Å². The Morgan fingerprint density at radius 2 is 1.50 bits per heavy atom. The van der Waals surface area contributed by atoms with Crippen LogP contribution in [0, 0.1) is 17.0 Å². The van der Waals surface area contributed by atoms with Gasteiger partial charge in [-0.2, -0.15) is 0 Å². The lowest BCUT2D eigenvalue weighted by Gasteiger charge is -2.25. The van der Waals surface area contributed by atoms with Crippen molar-refractivity contribution >= 4 is 23.1 Å². The first-order chi connectivity index (χ1) is 16.5. The van der Waals surface area contributed by atoms with Crippen molar-refractivity contribution in [3.05, 3.63) is 130 Å². The maximum atomic E-state index is 12.7. The summed E-state index contributed by atoms with van der Waals surface area (Å²) < 4.78 is 0. The molecule has 0 bridgehead atoms. The molecule has 0 saturated carbocycles. The summed E-state index contributed by atoms with van der Waals surface area (Å²) in [5.74, 6) is 0.366. The molecule has 0 spiro atoms. The molecule has 1 aromatic heterocycles. The third kappa shape index (κ3) is 5.63. The van der Waals surface area contributed by atoms with Crippen LogP contribution in [0.5, 0.6) is 0 Å². The number of amides is 1. The monoisotopic (exact) mass is 452 g/mol. The fourth-order valence-corrected chi connectivity index (χ4v) is 3.64. The van der Waals surface area contributed by atoms with Gasteiger partial charge >= 0.3 is 0 Å². The summed E-state index contributed by atoms with van der Waals surface area (Å²) >= 11 is 0. The van der Waals surface area contributed by atoms with Crippen LogP contribution in [0.1, 0.15) is 27.2 Å². The van der Waals surface area contributed by atoms with Crippen molar-refractivity contribution in [1.29, 1.82) is 0 Å². The molecule has 0 aliphatic heterocycles. The van der Waals surface area contributed by atoms with Gasteiger partial charge in [-0.15, -0.1) is 0 Å². The van der Waals surface area contributed by atoms with Crippen LogP contribution in [0.4, 0.5) is 17.2 Å². The highest BCUT2D eigenvalue weighted by Crippen LogP contribution is 2.23. The number of hydrogen-bond acceptors (Lipinski definition) is 5. The molecule has 4 rings (SSSR count). The zero-order valence-corrected chi connectivity index (χ0v) is 18.7. The zero-order valence-electron chi connectivity index (χ0n) is 18.7. The van der Waals surface area contributed by atoms with Crippen molar-refractivity contribution in [3.8, 4) is 0 Å². The number of carbonyl (C=O) groups excluding carboxylic acids is 1. The van der Waals surface area contributed by atoms with Gasteiger partial charge in [-0.1, -0.05) is 66.7 Å². The number of aryl methyl sites for hydroxylation is 1. The lowest BCUT2D eigenvalue weighted by Crippen LogP contribution is -2.23. The summed E-state index contributed by atoms with van der Waals surface area (Å²) in [5, 5.41) is 13.8. The maximum Gasteiger partial charge on any atom is 0.270 e. The largest absolute Gasteiger partial charge is 0.348 e. The number of nitrogens with one attached hydrogen (secondary N) is 1. The zero-order chi connectivity index (χ0) is 23.9. The molecular formula is C27H24N4O3. The molecule has 3 aromatic carbocycles. The van der Waals surface area contributed by atoms with Gasteiger partial charge in [-0.3, -0.25) is 14.9 Å². The van der Waals surface area contributed by atoms with E-state index in [0.717, 1.165) is 5.82 Å². The molecule has 4 aromatic rings. The van der Waals surface area contributed by atoms with Gasteiger partial charge in [0.1, 0.15) is 5.82 Å². The number of nitro benzene ring substituents is 1. The van der Waals surface area contributed by atoms with E-state index in [2.05, 4.69) is 34.5 Å². The first kappa shape index (κ1) is 22.7. The van der Waals surface area contributed by atoms with Crippen molar-refractivity contribution in [3.63, 3.8) is 0 Å². The topological polar surface area (TPSA) is 88.4 Å². The van der Waals surface area contributed by atoms with E-state index < -0.39 is 10.8 Å². The summed E-state index contributed by atoms with van der Waals surface area (Å²) in [6.45, 7) is 3.19. The van der Waals surface area contributed by atoms with Crippen LogP contribution >= 0.6 is 0 Å². The Hall–Kier alpha value is -4.52. The number of carbonyl (C=O) groups is 1. The number of anilines is 2. The SMILES string of the molecule is Cc1nc(N(Cc2ccccc2)Cc2ccccc2)ccc1NC(=O)c1cccc([N+](=O)[O-])c1. The highest BCUT2D eigenvalue weighted by atomic mass is 16.6. The minimum atomic E-state index is -0.521. The molecule has 7 heteroatoms. The van der Waals surface area contributed by atoms with E-state index in [1.807, 2.05) is 55.5 Å². The van der Waals surface area contributed by atoms with Crippen molar-refractivity contribution in [2.24, 2.45) is 0 Å². The molecule has 1 N–H and O–H groups in total. The molecule has 0 unspecified atom stereocenters. The number of nitro groups is 1. The van der Waals surface area contributed by atoms with Crippen molar-refractivity contribution in [2.75, 3.05) is 10.2 Å². The normalized spacial score (nSPS) is 10.5. The van der Waals surface area contributed by atoms with Gasteiger partial charge in [0.15, 0.2) is 0 Å². The van der Waals surface area contributed by atoms with Crippen LogP contribution in [-0.4, -0.2) is 15.8 Å². The van der Waals surface area contributed by atoms with Crippen LogP contribution in [0.25, 0.3) is 0 Å². The smallest absolute Gasteiger partial charge is 0.270 e. The lowest BCUT2D eigenvalue weighted by atomic mass is 10.1. The number of non-ortho nitro benzene ring substituents is 1. The average molecular weight is 453 g/mol. The first-order valence-electron chi connectivity index (χ1n) is 10.9. The van der Waals surface area contributed by atoms with E-state index in [1.54, 1.807) is 6.07 Å². The lowest BCUT2D eigenvalue weighted by molar-refractivity contribution is -0.384. The van der Waals surface area contributed by atoms with Crippen LogP contribution in [0.3, 0.4) is 0 Å². The Morgan fingerprint density at radius 1 is 0.882 bits per heavy atom. The summed E-state index contributed by atoms with van der Waals surface area (Å²) in [4.78, 5) is 30.1. The van der Waals surface area contributed by atoms with Gasteiger partial charge < -0.3 is 10.2 Å². The Balaban J connectivity index is 1.56. The van der Waals surface area contributed by atoms with Crippen molar-refractivity contribution in [1.82, 2.24) is 4.98 Å². The van der Waals surface area contributed by atoms with Gasteiger partial charge in [0, 0.05) is 30.8 Å². The van der Waals surface area contributed by atoms with E-state index in [1.165, 1.54) is 29.3 Å². The second-order valence-electron chi connectivity index (χ2n) is 7.89. The molecule has 1 heterocycles. The molecule has 0 atom stereocenters. The van der Waals surface area contributed by atoms with Crippen LogP contribution in [0.15, 0.2) is 97.1 Å². The van der Waals surface area contributed by atoms with E-state index in [0.29, 0.717) is 24.5 Å². The quantitative estimate of drug-likeness (QED) is 0.271. The molecule has 1 amide bonds. The number of hydrogen-bond donors (Lipinski definition) is 1. The maximum absolute atomic E-state index is 12.7. The fraction of sp³-hybridized carbons (Fsp3) is 0.111. The number of aromatic nitrogens is 1. The second-order valence-corrected chi connectivity index (χ2v) is 7.89. The molecular weight excluding hydrogens is 428 g/mol. The van der Waals surface area contributed by atoms with E-state index in [-0.39, 0.29) is 11.3 Å². The predicted octanol–water partition coefficient (Wildman–Crippen LogP) is 5.76. The first-order valence-corrected chi connectivity index (χ1v) is 10.9.